The van der Waals surface area contributed by atoms with E-state index < -0.39 is 0 Å². The fourth-order valence-electron chi connectivity index (χ4n) is 2.50. The van der Waals surface area contributed by atoms with Crippen molar-refractivity contribution in [2.45, 2.75) is 37.1 Å². The van der Waals surface area contributed by atoms with Gasteiger partial charge in [-0.25, -0.2) is 0 Å². The second-order valence-corrected chi connectivity index (χ2v) is 6.38. The van der Waals surface area contributed by atoms with Crippen LogP contribution in [-0.2, 0) is 0 Å². The Labute approximate surface area is 114 Å². The van der Waals surface area contributed by atoms with Gasteiger partial charge >= 0.3 is 0 Å². The van der Waals surface area contributed by atoms with Gasteiger partial charge < -0.3 is 10.4 Å². The van der Waals surface area contributed by atoms with E-state index in [1.54, 1.807) is 0 Å². The first-order chi connectivity index (χ1) is 8.72. The van der Waals surface area contributed by atoms with Gasteiger partial charge in [-0.05, 0) is 24.0 Å². The predicted molar refractivity (Wildman–Crippen MR) is 78.2 cm³/mol. The fraction of sp³-hybridized carbons (Fsp3) is 0.600. The third kappa shape index (κ3) is 3.28. The summed E-state index contributed by atoms with van der Waals surface area (Å²) >= 11 is 1.96. The van der Waals surface area contributed by atoms with Crippen molar-refractivity contribution in [1.82, 2.24) is 5.32 Å². The lowest BCUT2D eigenvalue weighted by molar-refractivity contribution is 0.243. The number of rotatable bonds is 6. The molecule has 0 fully saturated rings. The number of benzene rings is 1. The average molecular weight is 265 g/mol. The Morgan fingerprint density at radius 1 is 1.39 bits per heavy atom. The molecule has 1 aromatic rings. The van der Waals surface area contributed by atoms with E-state index in [0.717, 1.165) is 13.0 Å². The SMILES string of the molecule is CC(C)C(CCO)NCC1CSc2ccccc21. The number of fused-ring (bicyclic) bond motifs is 1. The van der Waals surface area contributed by atoms with Gasteiger partial charge in [-0.2, -0.15) is 0 Å². The van der Waals surface area contributed by atoms with Crippen molar-refractivity contribution in [2.24, 2.45) is 5.92 Å². The van der Waals surface area contributed by atoms with E-state index in [-0.39, 0.29) is 6.61 Å². The molecular formula is C15H23NOS. The second kappa shape index (κ2) is 6.60. The Morgan fingerprint density at radius 2 is 2.17 bits per heavy atom. The normalized spacial score (nSPS) is 20.1. The van der Waals surface area contributed by atoms with Crippen LogP contribution < -0.4 is 5.32 Å². The highest BCUT2D eigenvalue weighted by molar-refractivity contribution is 7.99. The molecule has 0 aliphatic carbocycles. The maximum absolute atomic E-state index is 9.09. The minimum atomic E-state index is 0.270. The second-order valence-electron chi connectivity index (χ2n) is 5.32. The summed E-state index contributed by atoms with van der Waals surface area (Å²) in [6, 6.07) is 9.13. The fourth-order valence-corrected chi connectivity index (χ4v) is 3.76. The average Bonchev–Trinajstić information content (AvgIpc) is 2.77. The first-order valence-electron chi connectivity index (χ1n) is 6.78. The zero-order chi connectivity index (χ0) is 13.0. The summed E-state index contributed by atoms with van der Waals surface area (Å²) in [6.45, 7) is 5.72. The maximum Gasteiger partial charge on any atom is 0.0445 e. The van der Waals surface area contributed by atoms with Gasteiger partial charge in [-0.3, -0.25) is 0 Å². The summed E-state index contributed by atoms with van der Waals surface area (Å²) in [6.07, 6.45) is 0.846. The lowest BCUT2D eigenvalue weighted by atomic mass is 9.98. The summed E-state index contributed by atoms with van der Waals surface area (Å²) in [5.41, 5.74) is 1.49. The standard InChI is InChI=1S/C15H23NOS/c1-11(2)14(7-8-17)16-9-12-10-18-15-6-4-3-5-13(12)15/h3-6,11-12,14,16-17H,7-10H2,1-2H3. The molecule has 0 spiro atoms. The molecule has 0 saturated carbocycles. The summed E-state index contributed by atoms with van der Waals surface area (Å²) in [5, 5.41) is 12.7. The Morgan fingerprint density at radius 3 is 2.89 bits per heavy atom. The lowest BCUT2D eigenvalue weighted by Crippen LogP contribution is -2.37. The molecule has 2 rings (SSSR count). The summed E-state index contributed by atoms with van der Waals surface area (Å²) < 4.78 is 0. The highest BCUT2D eigenvalue weighted by atomic mass is 32.2. The number of nitrogens with one attached hydrogen (secondary N) is 1. The molecular weight excluding hydrogens is 242 g/mol. The van der Waals surface area contributed by atoms with Gasteiger partial charge in [0.15, 0.2) is 0 Å². The molecule has 18 heavy (non-hydrogen) atoms. The van der Waals surface area contributed by atoms with Gasteiger partial charge in [0.2, 0.25) is 0 Å². The van der Waals surface area contributed by atoms with Crippen molar-refractivity contribution in [3.8, 4) is 0 Å². The number of hydrogen-bond donors (Lipinski definition) is 2. The van der Waals surface area contributed by atoms with Gasteiger partial charge in [0.1, 0.15) is 0 Å². The van der Waals surface area contributed by atoms with Crippen LogP contribution in [-0.4, -0.2) is 30.1 Å². The van der Waals surface area contributed by atoms with Crippen molar-refractivity contribution >= 4 is 11.8 Å². The molecule has 1 aromatic carbocycles. The Hall–Kier alpha value is -0.510. The largest absolute Gasteiger partial charge is 0.396 e. The van der Waals surface area contributed by atoms with E-state index in [1.807, 2.05) is 11.8 Å². The van der Waals surface area contributed by atoms with Gasteiger partial charge in [0, 0.05) is 35.8 Å². The summed E-state index contributed by atoms with van der Waals surface area (Å²) in [5.74, 6) is 2.36. The molecule has 2 unspecified atom stereocenters. The van der Waals surface area contributed by atoms with Crippen molar-refractivity contribution in [1.29, 1.82) is 0 Å². The van der Waals surface area contributed by atoms with Crippen LogP contribution in [0.3, 0.4) is 0 Å². The van der Waals surface area contributed by atoms with E-state index in [1.165, 1.54) is 16.2 Å². The molecule has 0 amide bonds. The molecule has 100 valence electrons. The molecule has 2 N–H and O–H groups in total. The van der Waals surface area contributed by atoms with Crippen LogP contribution in [0, 0.1) is 5.92 Å². The molecule has 1 heterocycles. The van der Waals surface area contributed by atoms with Crippen LogP contribution in [0.2, 0.25) is 0 Å². The molecule has 2 atom stereocenters. The van der Waals surface area contributed by atoms with Crippen LogP contribution in [0.15, 0.2) is 29.2 Å². The quantitative estimate of drug-likeness (QED) is 0.829. The first kappa shape index (κ1) is 13.9. The molecule has 0 saturated heterocycles. The van der Waals surface area contributed by atoms with Crippen molar-refractivity contribution < 1.29 is 5.11 Å². The zero-order valence-electron chi connectivity index (χ0n) is 11.2. The maximum atomic E-state index is 9.09. The van der Waals surface area contributed by atoms with Crippen LogP contribution in [0.25, 0.3) is 0 Å². The van der Waals surface area contributed by atoms with Crippen LogP contribution in [0.1, 0.15) is 31.7 Å². The third-order valence-corrected chi connectivity index (χ3v) is 4.92. The van der Waals surface area contributed by atoms with Crippen molar-refractivity contribution in [2.75, 3.05) is 18.9 Å². The Kier molecular flexibility index (Phi) is 5.10. The zero-order valence-corrected chi connectivity index (χ0v) is 12.0. The van der Waals surface area contributed by atoms with Crippen molar-refractivity contribution in [3.63, 3.8) is 0 Å². The lowest BCUT2D eigenvalue weighted by Gasteiger charge is -2.23. The highest BCUT2D eigenvalue weighted by Gasteiger charge is 2.23. The van der Waals surface area contributed by atoms with E-state index >= 15 is 0 Å². The van der Waals surface area contributed by atoms with Gasteiger partial charge in [0.05, 0.1) is 0 Å². The van der Waals surface area contributed by atoms with Crippen molar-refractivity contribution in [3.05, 3.63) is 29.8 Å². The number of hydrogen-bond acceptors (Lipinski definition) is 3. The third-order valence-electron chi connectivity index (χ3n) is 3.67. The molecule has 0 aromatic heterocycles. The molecule has 2 nitrogen and oxygen atoms in total. The molecule has 0 radical (unpaired) electrons. The molecule has 0 bridgehead atoms. The summed E-state index contributed by atoms with van der Waals surface area (Å²) in [4.78, 5) is 1.44. The van der Waals surface area contributed by atoms with Gasteiger partial charge in [0.25, 0.3) is 0 Å². The minimum absolute atomic E-state index is 0.270. The van der Waals surface area contributed by atoms with Gasteiger partial charge in [-0.15, -0.1) is 11.8 Å². The minimum Gasteiger partial charge on any atom is -0.396 e. The number of thioether (sulfide) groups is 1. The first-order valence-corrected chi connectivity index (χ1v) is 7.77. The predicted octanol–water partition coefficient (Wildman–Crippen LogP) is 2.87. The van der Waals surface area contributed by atoms with Crippen LogP contribution in [0.4, 0.5) is 0 Å². The van der Waals surface area contributed by atoms with E-state index in [9.17, 15) is 0 Å². The Balaban J connectivity index is 1.91. The smallest absolute Gasteiger partial charge is 0.0445 e. The highest BCUT2D eigenvalue weighted by Crippen LogP contribution is 2.38. The van der Waals surface area contributed by atoms with E-state index in [0.29, 0.717) is 17.9 Å². The Bertz CT molecular complexity index is 381. The van der Waals surface area contributed by atoms with E-state index in [2.05, 4.69) is 43.4 Å². The van der Waals surface area contributed by atoms with E-state index in [4.69, 9.17) is 5.11 Å². The number of aliphatic hydroxyl groups is 1. The number of aliphatic hydroxyl groups excluding tert-OH is 1. The van der Waals surface area contributed by atoms with Gasteiger partial charge in [-0.1, -0.05) is 32.0 Å². The summed E-state index contributed by atoms with van der Waals surface area (Å²) in [7, 11) is 0. The molecule has 3 heteroatoms. The molecule has 1 aliphatic rings. The van der Waals surface area contributed by atoms with Crippen LogP contribution in [0.5, 0.6) is 0 Å². The van der Waals surface area contributed by atoms with Crippen LogP contribution >= 0.6 is 11.8 Å². The topological polar surface area (TPSA) is 32.3 Å². The molecule has 1 aliphatic heterocycles. The monoisotopic (exact) mass is 265 g/mol.